The number of ether oxygens (including phenoxy) is 2. The number of allylic oxidation sites excluding steroid dienone is 8. The number of aliphatic hydroxyl groups is 2. The summed E-state index contributed by atoms with van der Waals surface area (Å²) in [6, 6.07) is 0. The van der Waals surface area contributed by atoms with Crippen molar-refractivity contribution in [3.8, 4) is 0 Å². The molecule has 0 aromatic heterocycles. The van der Waals surface area contributed by atoms with Gasteiger partial charge in [0, 0.05) is 6.61 Å². The van der Waals surface area contributed by atoms with Crippen LogP contribution in [0.25, 0.3) is 0 Å². The summed E-state index contributed by atoms with van der Waals surface area (Å²) in [7, 11) is 0. The quantitative estimate of drug-likeness (QED) is 0.303. The Kier molecular flexibility index (Phi) is 9.79. The maximum absolute atomic E-state index is 11.8. The molecule has 0 bridgehead atoms. The van der Waals surface area contributed by atoms with Gasteiger partial charge in [0.25, 0.3) is 0 Å². The summed E-state index contributed by atoms with van der Waals surface area (Å²) in [6.45, 7) is 13.3. The van der Waals surface area contributed by atoms with Crippen LogP contribution in [0.3, 0.4) is 0 Å². The van der Waals surface area contributed by atoms with E-state index in [1.165, 1.54) is 16.7 Å². The predicted molar refractivity (Wildman–Crippen MR) is 144 cm³/mol. The van der Waals surface area contributed by atoms with E-state index >= 15 is 0 Å². The van der Waals surface area contributed by atoms with Crippen molar-refractivity contribution in [1.82, 2.24) is 0 Å². The fraction of sp³-hybridized carbons (Fsp3) is 0.677. The van der Waals surface area contributed by atoms with Gasteiger partial charge < -0.3 is 19.7 Å². The fourth-order valence-electron chi connectivity index (χ4n) is 6.37. The molecule has 4 nitrogen and oxygen atoms in total. The SMILES string of the molecule is CC(C)=CCC/C(C)=C/C=C/C(C)=C/C1C[C@@]23[C@H](OCCCC[C@@H]2/C(=C(/C)CO)CC[C@]3(C)O)O1. The maximum atomic E-state index is 11.8. The van der Waals surface area contributed by atoms with Gasteiger partial charge in [0.05, 0.1) is 23.7 Å². The van der Waals surface area contributed by atoms with Crippen LogP contribution in [0.4, 0.5) is 0 Å². The normalized spacial score (nSPS) is 35.8. The molecular weight excluding hydrogens is 436 g/mol. The van der Waals surface area contributed by atoms with E-state index in [4.69, 9.17) is 9.47 Å². The van der Waals surface area contributed by atoms with E-state index in [0.717, 1.165) is 56.1 Å². The molecule has 4 heteroatoms. The summed E-state index contributed by atoms with van der Waals surface area (Å²) in [6.07, 6.45) is 17.9. The number of aliphatic hydroxyl groups excluding tert-OH is 1. The van der Waals surface area contributed by atoms with Crippen LogP contribution in [0.15, 0.2) is 58.2 Å². The van der Waals surface area contributed by atoms with Crippen LogP contribution in [0.5, 0.6) is 0 Å². The number of hydrogen-bond acceptors (Lipinski definition) is 4. The van der Waals surface area contributed by atoms with E-state index < -0.39 is 17.3 Å². The standard InChI is InChI=1S/C31H48O4/c1-22(2)11-9-12-23(3)13-10-14-24(4)19-26-20-31-28(15-7-8-18-34-29(31)35-26)27(25(5)21-32)16-17-30(31,6)33/h10-11,13-14,19,26,28-29,32-33H,7-9,12,15-18,20-21H2,1-6H3/b14-10+,23-13+,24-19+,27-25-/t26?,28-,29-,30+,31+/m1/s1. The highest BCUT2D eigenvalue weighted by molar-refractivity contribution is 5.29. The highest BCUT2D eigenvalue weighted by atomic mass is 16.7. The summed E-state index contributed by atoms with van der Waals surface area (Å²) in [5, 5.41) is 21.7. The second-order valence-electron chi connectivity index (χ2n) is 11.5. The van der Waals surface area contributed by atoms with Crippen LogP contribution < -0.4 is 0 Å². The molecule has 3 rings (SSSR count). The zero-order chi connectivity index (χ0) is 25.6. The molecular formula is C31H48O4. The monoisotopic (exact) mass is 484 g/mol. The minimum Gasteiger partial charge on any atom is -0.392 e. The Morgan fingerprint density at radius 2 is 1.91 bits per heavy atom. The first-order valence-corrected chi connectivity index (χ1v) is 13.5. The van der Waals surface area contributed by atoms with Crippen molar-refractivity contribution >= 4 is 0 Å². The lowest BCUT2D eigenvalue weighted by Gasteiger charge is -2.55. The third-order valence-electron chi connectivity index (χ3n) is 8.41. The van der Waals surface area contributed by atoms with Crippen molar-refractivity contribution in [3.63, 3.8) is 0 Å². The topological polar surface area (TPSA) is 58.9 Å². The fourth-order valence-corrected chi connectivity index (χ4v) is 6.37. The van der Waals surface area contributed by atoms with E-state index in [0.29, 0.717) is 13.0 Å². The Balaban J connectivity index is 1.82. The summed E-state index contributed by atoms with van der Waals surface area (Å²) >= 11 is 0. The van der Waals surface area contributed by atoms with E-state index in [1.54, 1.807) is 0 Å². The zero-order valence-electron chi connectivity index (χ0n) is 22.9. The molecule has 0 aromatic rings. The Bertz CT molecular complexity index is 884. The molecule has 1 unspecified atom stereocenters. The third-order valence-corrected chi connectivity index (χ3v) is 8.41. The highest BCUT2D eigenvalue weighted by Crippen LogP contribution is 2.61. The average Bonchev–Trinajstić information content (AvgIpc) is 3.12. The van der Waals surface area contributed by atoms with E-state index in [-0.39, 0.29) is 18.6 Å². The van der Waals surface area contributed by atoms with Gasteiger partial charge in [-0.2, -0.15) is 0 Å². The minimum absolute atomic E-state index is 0.0743. The molecule has 0 radical (unpaired) electrons. The number of rotatable bonds is 7. The highest BCUT2D eigenvalue weighted by Gasteiger charge is 2.65. The Morgan fingerprint density at radius 1 is 1.14 bits per heavy atom. The van der Waals surface area contributed by atoms with E-state index in [2.05, 4.69) is 58.1 Å². The molecule has 1 saturated carbocycles. The summed E-state index contributed by atoms with van der Waals surface area (Å²) in [5.74, 6) is 0.171. The van der Waals surface area contributed by atoms with Gasteiger partial charge in [-0.25, -0.2) is 0 Å². The lowest BCUT2D eigenvalue weighted by atomic mass is 9.53. The molecule has 0 aromatic carbocycles. The molecule has 3 aliphatic rings. The maximum Gasteiger partial charge on any atom is 0.167 e. The van der Waals surface area contributed by atoms with Crippen LogP contribution >= 0.6 is 0 Å². The summed E-state index contributed by atoms with van der Waals surface area (Å²) in [5.41, 5.74) is 4.88. The second kappa shape index (κ2) is 12.2. The Labute approximate surface area is 213 Å². The number of hydrogen-bond donors (Lipinski definition) is 2. The molecule has 0 amide bonds. The lowest BCUT2D eigenvalue weighted by Crippen LogP contribution is -2.59. The Morgan fingerprint density at radius 3 is 2.63 bits per heavy atom. The van der Waals surface area contributed by atoms with Crippen molar-refractivity contribution < 1.29 is 19.7 Å². The van der Waals surface area contributed by atoms with E-state index in [9.17, 15) is 10.2 Å². The van der Waals surface area contributed by atoms with Crippen LogP contribution in [-0.2, 0) is 9.47 Å². The molecule has 2 aliphatic heterocycles. The molecule has 1 spiro atoms. The molecule has 2 heterocycles. The first-order chi connectivity index (χ1) is 16.6. The van der Waals surface area contributed by atoms with Gasteiger partial charge in [-0.15, -0.1) is 0 Å². The van der Waals surface area contributed by atoms with Gasteiger partial charge in [-0.3, -0.25) is 0 Å². The molecule has 5 atom stereocenters. The van der Waals surface area contributed by atoms with Gasteiger partial charge in [0.2, 0.25) is 0 Å². The van der Waals surface area contributed by atoms with Gasteiger partial charge in [-0.05, 0) is 98.0 Å². The van der Waals surface area contributed by atoms with Crippen LogP contribution in [0, 0.1) is 11.3 Å². The summed E-state index contributed by atoms with van der Waals surface area (Å²) < 4.78 is 12.8. The molecule has 2 saturated heterocycles. The predicted octanol–water partition coefficient (Wildman–Crippen LogP) is 6.95. The zero-order valence-corrected chi connectivity index (χ0v) is 22.9. The average molecular weight is 485 g/mol. The van der Waals surface area contributed by atoms with E-state index in [1.807, 2.05) is 13.8 Å². The van der Waals surface area contributed by atoms with Gasteiger partial charge in [0.15, 0.2) is 6.29 Å². The second-order valence-corrected chi connectivity index (χ2v) is 11.5. The van der Waals surface area contributed by atoms with Crippen molar-refractivity contribution in [2.45, 2.75) is 111 Å². The van der Waals surface area contributed by atoms with Crippen molar-refractivity contribution in [1.29, 1.82) is 0 Å². The van der Waals surface area contributed by atoms with Gasteiger partial charge >= 0.3 is 0 Å². The largest absolute Gasteiger partial charge is 0.392 e. The third kappa shape index (κ3) is 6.46. The molecule has 1 aliphatic carbocycles. The summed E-state index contributed by atoms with van der Waals surface area (Å²) in [4.78, 5) is 0. The smallest absolute Gasteiger partial charge is 0.167 e. The first-order valence-electron chi connectivity index (χ1n) is 13.5. The van der Waals surface area contributed by atoms with Crippen LogP contribution in [0.1, 0.15) is 92.9 Å². The lowest BCUT2D eigenvalue weighted by molar-refractivity contribution is -0.245. The molecule has 2 N–H and O–H groups in total. The molecule has 35 heavy (non-hydrogen) atoms. The first kappa shape index (κ1) is 28.1. The minimum atomic E-state index is -0.879. The van der Waals surface area contributed by atoms with Crippen molar-refractivity contribution in [2.24, 2.45) is 11.3 Å². The van der Waals surface area contributed by atoms with Crippen molar-refractivity contribution in [2.75, 3.05) is 13.2 Å². The van der Waals surface area contributed by atoms with Gasteiger partial charge in [0.1, 0.15) is 0 Å². The molecule has 3 fully saturated rings. The molecule has 196 valence electrons. The van der Waals surface area contributed by atoms with Gasteiger partial charge in [-0.1, -0.05) is 59.1 Å². The van der Waals surface area contributed by atoms with Crippen LogP contribution in [-0.4, -0.2) is 41.4 Å². The Hall–Kier alpha value is -1.46. The van der Waals surface area contributed by atoms with Crippen molar-refractivity contribution in [3.05, 3.63) is 58.2 Å². The van der Waals surface area contributed by atoms with Crippen LogP contribution in [0.2, 0.25) is 0 Å².